The second-order valence-corrected chi connectivity index (χ2v) is 5.96. The van der Waals surface area contributed by atoms with Crippen LogP contribution in [0.3, 0.4) is 0 Å². The van der Waals surface area contributed by atoms with E-state index in [2.05, 4.69) is 5.32 Å². The monoisotopic (exact) mass is 322 g/mol. The van der Waals surface area contributed by atoms with Crippen molar-refractivity contribution in [1.82, 2.24) is 5.32 Å². The molecule has 23 heavy (non-hydrogen) atoms. The van der Waals surface area contributed by atoms with Crippen LogP contribution >= 0.6 is 0 Å². The highest BCUT2D eigenvalue weighted by Crippen LogP contribution is 2.37. The van der Waals surface area contributed by atoms with Gasteiger partial charge >= 0.3 is 11.8 Å². The molecular formula is C14H18N4O5. The third kappa shape index (κ3) is 2.86. The maximum atomic E-state index is 12.0. The summed E-state index contributed by atoms with van der Waals surface area (Å²) < 4.78 is 0.612. The second kappa shape index (κ2) is 5.90. The van der Waals surface area contributed by atoms with Crippen molar-refractivity contribution in [2.45, 2.75) is 38.1 Å². The number of piperidine rings is 1. The second-order valence-electron chi connectivity index (χ2n) is 5.96. The molecule has 9 nitrogen and oxygen atoms in total. The number of nitro groups is 1. The zero-order chi connectivity index (χ0) is 16.6. The van der Waals surface area contributed by atoms with Crippen molar-refractivity contribution in [1.29, 1.82) is 0 Å². The van der Waals surface area contributed by atoms with Crippen LogP contribution < -0.4 is 14.9 Å². The number of carbonyl (C=O) groups is 1. The molecule has 0 spiro atoms. The molecule has 1 aliphatic heterocycles. The minimum atomic E-state index is -1.10. The summed E-state index contributed by atoms with van der Waals surface area (Å²) in [6, 6.07) is -0.266. The van der Waals surface area contributed by atoms with Gasteiger partial charge in [-0.15, -0.1) is 0 Å². The van der Waals surface area contributed by atoms with Crippen molar-refractivity contribution >= 4 is 17.5 Å². The van der Waals surface area contributed by atoms with Gasteiger partial charge < -0.3 is 20.5 Å². The summed E-state index contributed by atoms with van der Waals surface area (Å²) in [5.74, 6) is 0. The van der Waals surface area contributed by atoms with Crippen LogP contribution in [-0.2, 0) is 12.8 Å². The summed E-state index contributed by atoms with van der Waals surface area (Å²) in [6.45, 7) is 0.996. The highest BCUT2D eigenvalue weighted by molar-refractivity contribution is 5.69. The van der Waals surface area contributed by atoms with E-state index in [9.17, 15) is 20.1 Å². The van der Waals surface area contributed by atoms with Gasteiger partial charge in [-0.3, -0.25) is 10.1 Å². The predicted octanol–water partition coefficient (Wildman–Crippen LogP) is 0.953. The number of pyridine rings is 1. The molecule has 0 unspecified atom stereocenters. The summed E-state index contributed by atoms with van der Waals surface area (Å²) in [5, 5.41) is 34.7. The molecule has 0 saturated carbocycles. The SMILES string of the molecule is O=C(O)N[C@H]1CCCN(c2c([N+](=O)[O-])c[n+]([O-])c3c2CCC3)C1. The molecule has 0 bridgehead atoms. The quantitative estimate of drug-likeness (QED) is 0.370. The predicted molar refractivity (Wildman–Crippen MR) is 80.5 cm³/mol. The molecule has 1 aromatic rings. The highest BCUT2D eigenvalue weighted by atomic mass is 16.6. The fourth-order valence-electron chi connectivity index (χ4n) is 3.59. The molecule has 1 aromatic heterocycles. The first kappa shape index (κ1) is 15.3. The fraction of sp³-hybridized carbons (Fsp3) is 0.571. The van der Waals surface area contributed by atoms with Crippen LogP contribution in [0, 0.1) is 15.3 Å². The Balaban J connectivity index is 1.99. The molecule has 2 N–H and O–H groups in total. The van der Waals surface area contributed by atoms with Crippen LogP contribution in [0.25, 0.3) is 0 Å². The maximum absolute atomic E-state index is 12.0. The molecule has 1 saturated heterocycles. The number of rotatable bonds is 3. The molecular weight excluding hydrogens is 304 g/mol. The Morgan fingerprint density at radius 3 is 2.91 bits per heavy atom. The fourth-order valence-corrected chi connectivity index (χ4v) is 3.59. The molecule has 1 amide bonds. The Bertz CT molecular complexity index is 663. The third-order valence-electron chi connectivity index (χ3n) is 4.48. The normalized spacial score (nSPS) is 20.2. The van der Waals surface area contributed by atoms with Crippen molar-refractivity contribution in [3.05, 3.63) is 32.8 Å². The molecule has 1 aliphatic carbocycles. The van der Waals surface area contributed by atoms with Gasteiger partial charge in [0.2, 0.25) is 0 Å². The van der Waals surface area contributed by atoms with Gasteiger partial charge in [0.1, 0.15) is 5.69 Å². The first-order valence-corrected chi connectivity index (χ1v) is 7.64. The minimum Gasteiger partial charge on any atom is -0.618 e. The van der Waals surface area contributed by atoms with Gasteiger partial charge in [0, 0.05) is 25.6 Å². The van der Waals surface area contributed by atoms with Gasteiger partial charge in [0.25, 0.3) is 6.20 Å². The number of nitrogens with one attached hydrogen (secondary N) is 1. The molecule has 3 rings (SSSR count). The Kier molecular flexibility index (Phi) is 3.93. The zero-order valence-electron chi connectivity index (χ0n) is 12.5. The minimum absolute atomic E-state index is 0.198. The standard InChI is InChI=1S/C14H18N4O5/c19-14(20)15-9-3-2-6-16(7-9)13-10-4-1-5-11(10)17(21)8-12(13)18(22)23/h8-9,15H,1-7H2,(H,19,20)/t9-/m0/s1. The van der Waals surface area contributed by atoms with E-state index in [-0.39, 0.29) is 11.7 Å². The lowest BCUT2D eigenvalue weighted by Crippen LogP contribution is -2.48. The first-order valence-electron chi connectivity index (χ1n) is 7.64. The lowest BCUT2D eigenvalue weighted by atomic mass is 10.0. The van der Waals surface area contributed by atoms with Gasteiger partial charge in [0.05, 0.1) is 10.5 Å². The summed E-state index contributed by atoms with van der Waals surface area (Å²) in [6.07, 6.45) is 3.44. The molecule has 0 aromatic carbocycles. The molecule has 2 aliphatic rings. The molecule has 9 heteroatoms. The van der Waals surface area contributed by atoms with E-state index in [1.54, 1.807) is 0 Å². The number of nitrogens with zero attached hydrogens (tertiary/aromatic N) is 3. The zero-order valence-corrected chi connectivity index (χ0v) is 12.5. The van der Waals surface area contributed by atoms with Crippen LogP contribution in [-0.4, -0.2) is 35.3 Å². The molecule has 0 radical (unpaired) electrons. The number of fused-ring (bicyclic) bond motifs is 1. The van der Waals surface area contributed by atoms with Crippen molar-refractivity contribution in [3.8, 4) is 0 Å². The van der Waals surface area contributed by atoms with E-state index >= 15 is 0 Å². The van der Waals surface area contributed by atoms with Crippen LogP contribution in [0.1, 0.15) is 30.5 Å². The number of aromatic nitrogens is 1. The van der Waals surface area contributed by atoms with Crippen LogP contribution in [0.5, 0.6) is 0 Å². The molecule has 124 valence electrons. The van der Waals surface area contributed by atoms with Crippen molar-refractivity contribution in [2.75, 3.05) is 18.0 Å². The Hall–Kier alpha value is -2.58. The van der Waals surface area contributed by atoms with Crippen molar-refractivity contribution < 1.29 is 19.6 Å². The van der Waals surface area contributed by atoms with Gasteiger partial charge in [-0.1, -0.05) is 0 Å². The Morgan fingerprint density at radius 1 is 1.43 bits per heavy atom. The first-order chi connectivity index (χ1) is 11.0. The van der Waals surface area contributed by atoms with Crippen LogP contribution in [0.4, 0.5) is 16.2 Å². The van der Waals surface area contributed by atoms with Crippen molar-refractivity contribution in [3.63, 3.8) is 0 Å². The van der Waals surface area contributed by atoms with Gasteiger partial charge in [-0.2, -0.15) is 4.73 Å². The van der Waals surface area contributed by atoms with Crippen LogP contribution in [0.2, 0.25) is 0 Å². The largest absolute Gasteiger partial charge is 0.618 e. The third-order valence-corrected chi connectivity index (χ3v) is 4.48. The number of anilines is 1. The number of hydrogen-bond donors (Lipinski definition) is 2. The number of amides is 1. The Morgan fingerprint density at radius 2 is 2.22 bits per heavy atom. The van der Waals surface area contributed by atoms with E-state index in [1.807, 2.05) is 4.90 Å². The Labute approximate surface area is 132 Å². The molecule has 1 fully saturated rings. The van der Waals surface area contributed by atoms with Gasteiger partial charge in [0.15, 0.2) is 5.69 Å². The summed E-state index contributed by atoms with van der Waals surface area (Å²) in [7, 11) is 0. The lowest BCUT2D eigenvalue weighted by molar-refractivity contribution is -0.617. The summed E-state index contributed by atoms with van der Waals surface area (Å²) >= 11 is 0. The molecule has 1 atom stereocenters. The van der Waals surface area contributed by atoms with E-state index in [4.69, 9.17) is 5.11 Å². The average molecular weight is 322 g/mol. The highest BCUT2D eigenvalue weighted by Gasteiger charge is 2.36. The maximum Gasteiger partial charge on any atom is 0.404 e. The summed E-state index contributed by atoms with van der Waals surface area (Å²) in [5.41, 5.74) is 1.63. The van der Waals surface area contributed by atoms with Gasteiger partial charge in [-0.05, 0) is 25.7 Å². The topological polar surface area (TPSA) is 123 Å². The smallest absolute Gasteiger partial charge is 0.404 e. The number of carboxylic acid groups (broad SMARTS) is 1. The van der Waals surface area contributed by atoms with Crippen molar-refractivity contribution in [2.24, 2.45) is 0 Å². The lowest BCUT2D eigenvalue weighted by Gasteiger charge is -2.34. The summed E-state index contributed by atoms with van der Waals surface area (Å²) in [4.78, 5) is 23.6. The van der Waals surface area contributed by atoms with Crippen LogP contribution in [0.15, 0.2) is 6.20 Å². The number of hydrogen-bond acceptors (Lipinski definition) is 5. The molecule has 2 heterocycles. The van der Waals surface area contributed by atoms with E-state index in [0.717, 1.165) is 24.6 Å². The van der Waals surface area contributed by atoms with E-state index in [0.29, 0.717) is 48.5 Å². The van der Waals surface area contributed by atoms with E-state index in [1.165, 1.54) is 0 Å². The average Bonchev–Trinajstić information content (AvgIpc) is 2.96. The van der Waals surface area contributed by atoms with Gasteiger partial charge in [-0.25, -0.2) is 4.79 Å². The van der Waals surface area contributed by atoms with E-state index < -0.39 is 11.0 Å².